The van der Waals surface area contributed by atoms with Crippen LogP contribution in [0.2, 0.25) is 5.02 Å². The molecule has 0 spiro atoms. The quantitative estimate of drug-likeness (QED) is 0.854. The van der Waals surface area contributed by atoms with Gasteiger partial charge in [0.15, 0.2) is 0 Å². The highest BCUT2D eigenvalue weighted by Gasteiger charge is 2.38. The van der Waals surface area contributed by atoms with Crippen molar-refractivity contribution in [2.24, 2.45) is 5.92 Å². The van der Waals surface area contributed by atoms with Crippen molar-refractivity contribution in [3.05, 3.63) is 28.8 Å². The molecule has 4 nitrogen and oxygen atoms in total. The number of aryl methyl sites for hydroxylation is 1. The average Bonchev–Trinajstić information content (AvgIpc) is 2.73. The fourth-order valence-electron chi connectivity index (χ4n) is 2.39. The Bertz CT molecular complexity index is 578. The summed E-state index contributed by atoms with van der Waals surface area (Å²) in [6.07, 6.45) is 0.534. The minimum absolute atomic E-state index is 0.156. The molecule has 1 saturated heterocycles. The Balaban J connectivity index is 2.14. The number of anilines is 1. The lowest BCUT2D eigenvalue weighted by Crippen LogP contribution is -2.45. The van der Waals surface area contributed by atoms with Crippen molar-refractivity contribution in [3.63, 3.8) is 0 Å². The van der Waals surface area contributed by atoms with Gasteiger partial charge in [0.25, 0.3) is 0 Å². The number of benzene rings is 1. The normalized spacial score (nSPS) is 19.0. The number of nitrogens with zero attached hydrogens (tertiary/aromatic N) is 1. The number of amides is 2. The fourth-order valence-corrected chi connectivity index (χ4v) is 2.56. The standard InChI is InChI=1S/C16H21ClN2O2/c1-10-5-6-11(9-13(10)17)19-8-7-12(15(19)21)14(20)18-16(2,3)4/h5-6,9,12H,7-8H2,1-4H3,(H,18,20)/t12-/m1/s1. The lowest BCUT2D eigenvalue weighted by atomic mass is 10.0. The van der Waals surface area contributed by atoms with E-state index in [9.17, 15) is 9.59 Å². The van der Waals surface area contributed by atoms with Crippen molar-refractivity contribution in [1.82, 2.24) is 5.32 Å². The first-order chi connectivity index (χ1) is 9.69. The predicted octanol–water partition coefficient (Wildman–Crippen LogP) is 2.92. The summed E-state index contributed by atoms with van der Waals surface area (Å²) in [4.78, 5) is 26.3. The van der Waals surface area contributed by atoms with Gasteiger partial charge in [0, 0.05) is 22.8 Å². The molecule has 0 aliphatic carbocycles. The highest BCUT2D eigenvalue weighted by Crippen LogP contribution is 2.29. The average molecular weight is 309 g/mol. The molecule has 0 unspecified atom stereocenters. The van der Waals surface area contributed by atoms with Gasteiger partial charge in [-0.1, -0.05) is 17.7 Å². The molecule has 21 heavy (non-hydrogen) atoms. The highest BCUT2D eigenvalue weighted by molar-refractivity contribution is 6.31. The van der Waals surface area contributed by atoms with Crippen LogP contribution in [0.3, 0.4) is 0 Å². The number of carbonyl (C=O) groups excluding carboxylic acids is 2. The molecule has 5 heteroatoms. The van der Waals surface area contributed by atoms with Crippen LogP contribution in [0.4, 0.5) is 5.69 Å². The summed E-state index contributed by atoms with van der Waals surface area (Å²) in [5.74, 6) is -0.964. The van der Waals surface area contributed by atoms with Gasteiger partial charge in [-0.25, -0.2) is 0 Å². The lowest BCUT2D eigenvalue weighted by Gasteiger charge is -2.23. The molecule has 1 aliphatic rings. The smallest absolute Gasteiger partial charge is 0.239 e. The summed E-state index contributed by atoms with van der Waals surface area (Å²) in [6.45, 7) is 8.17. The van der Waals surface area contributed by atoms with E-state index in [4.69, 9.17) is 11.6 Å². The van der Waals surface area contributed by atoms with Gasteiger partial charge >= 0.3 is 0 Å². The largest absolute Gasteiger partial charge is 0.351 e. The van der Waals surface area contributed by atoms with Crippen LogP contribution >= 0.6 is 11.6 Å². The van der Waals surface area contributed by atoms with Gasteiger partial charge in [-0.05, 0) is 51.8 Å². The third-order valence-electron chi connectivity index (χ3n) is 3.49. The number of carbonyl (C=O) groups is 2. The zero-order chi connectivity index (χ0) is 15.8. The van der Waals surface area contributed by atoms with Crippen LogP contribution in [0.5, 0.6) is 0 Å². The van der Waals surface area contributed by atoms with E-state index < -0.39 is 5.92 Å². The van der Waals surface area contributed by atoms with Crippen LogP contribution in [0, 0.1) is 12.8 Å². The Morgan fingerprint density at radius 1 is 1.38 bits per heavy atom. The predicted molar refractivity (Wildman–Crippen MR) is 84.5 cm³/mol. The Labute approximate surface area is 130 Å². The van der Waals surface area contributed by atoms with E-state index >= 15 is 0 Å². The fraction of sp³-hybridized carbons (Fsp3) is 0.500. The maximum Gasteiger partial charge on any atom is 0.239 e. The van der Waals surface area contributed by atoms with E-state index in [1.807, 2.05) is 39.8 Å². The second-order valence-corrected chi connectivity index (χ2v) is 6.91. The molecular weight excluding hydrogens is 288 g/mol. The number of nitrogens with one attached hydrogen (secondary N) is 1. The highest BCUT2D eigenvalue weighted by atomic mass is 35.5. The van der Waals surface area contributed by atoms with Gasteiger partial charge < -0.3 is 10.2 Å². The first kappa shape index (κ1) is 15.8. The summed E-state index contributed by atoms with van der Waals surface area (Å²) in [5.41, 5.74) is 1.38. The molecule has 114 valence electrons. The van der Waals surface area contributed by atoms with Crippen LogP contribution in [-0.4, -0.2) is 23.9 Å². The van der Waals surface area contributed by atoms with E-state index in [2.05, 4.69) is 5.32 Å². The van der Waals surface area contributed by atoms with Gasteiger partial charge in [0.1, 0.15) is 5.92 Å². The van der Waals surface area contributed by atoms with Crippen molar-refractivity contribution < 1.29 is 9.59 Å². The van der Waals surface area contributed by atoms with E-state index in [0.717, 1.165) is 11.3 Å². The molecule has 1 heterocycles. The lowest BCUT2D eigenvalue weighted by molar-refractivity contribution is -0.133. The van der Waals surface area contributed by atoms with Crippen molar-refractivity contribution in [2.75, 3.05) is 11.4 Å². The van der Waals surface area contributed by atoms with Crippen LogP contribution in [-0.2, 0) is 9.59 Å². The van der Waals surface area contributed by atoms with E-state index in [0.29, 0.717) is 18.0 Å². The van der Waals surface area contributed by atoms with Crippen LogP contribution in [0.15, 0.2) is 18.2 Å². The molecule has 1 atom stereocenters. The van der Waals surface area contributed by atoms with E-state index in [-0.39, 0.29) is 17.4 Å². The van der Waals surface area contributed by atoms with E-state index in [1.54, 1.807) is 11.0 Å². The molecule has 0 aromatic heterocycles. The first-order valence-electron chi connectivity index (χ1n) is 7.08. The minimum Gasteiger partial charge on any atom is -0.351 e. The van der Waals surface area contributed by atoms with Gasteiger partial charge in [-0.3, -0.25) is 9.59 Å². The van der Waals surface area contributed by atoms with Gasteiger partial charge in [-0.2, -0.15) is 0 Å². The number of halogens is 1. The molecule has 1 aliphatic heterocycles. The Hall–Kier alpha value is -1.55. The third kappa shape index (κ3) is 3.56. The Morgan fingerprint density at radius 3 is 2.62 bits per heavy atom. The Kier molecular flexibility index (Phi) is 4.28. The molecule has 0 radical (unpaired) electrons. The minimum atomic E-state index is -0.607. The van der Waals surface area contributed by atoms with Gasteiger partial charge in [0.2, 0.25) is 11.8 Å². The second kappa shape index (κ2) is 5.68. The summed E-state index contributed by atoms with van der Waals surface area (Å²) in [5, 5.41) is 3.50. The number of hydrogen-bond donors (Lipinski definition) is 1. The molecular formula is C16H21ClN2O2. The number of hydrogen-bond acceptors (Lipinski definition) is 2. The SMILES string of the molecule is Cc1ccc(N2CC[C@H](C(=O)NC(C)(C)C)C2=O)cc1Cl. The summed E-state index contributed by atoms with van der Waals surface area (Å²) in [7, 11) is 0. The number of rotatable bonds is 2. The maximum absolute atomic E-state index is 12.5. The van der Waals surface area contributed by atoms with E-state index in [1.165, 1.54) is 0 Å². The molecule has 0 saturated carbocycles. The molecule has 0 bridgehead atoms. The topological polar surface area (TPSA) is 49.4 Å². The van der Waals surface area contributed by atoms with Crippen LogP contribution < -0.4 is 10.2 Å². The van der Waals surface area contributed by atoms with Crippen LogP contribution in [0.25, 0.3) is 0 Å². The van der Waals surface area contributed by atoms with Crippen LogP contribution in [0.1, 0.15) is 32.8 Å². The molecule has 1 aromatic carbocycles. The maximum atomic E-state index is 12.5. The van der Waals surface area contributed by atoms with Crippen molar-refractivity contribution in [2.45, 2.75) is 39.7 Å². The summed E-state index contributed by atoms with van der Waals surface area (Å²) < 4.78 is 0. The first-order valence-corrected chi connectivity index (χ1v) is 7.46. The molecule has 2 rings (SSSR count). The monoisotopic (exact) mass is 308 g/mol. The van der Waals surface area contributed by atoms with Gasteiger partial charge in [0.05, 0.1) is 0 Å². The van der Waals surface area contributed by atoms with Crippen molar-refractivity contribution >= 4 is 29.1 Å². The van der Waals surface area contributed by atoms with Crippen molar-refractivity contribution in [3.8, 4) is 0 Å². The molecule has 1 fully saturated rings. The summed E-state index contributed by atoms with van der Waals surface area (Å²) >= 11 is 6.11. The zero-order valence-electron chi connectivity index (χ0n) is 12.9. The zero-order valence-corrected chi connectivity index (χ0v) is 13.6. The van der Waals surface area contributed by atoms with Crippen molar-refractivity contribution in [1.29, 1.82) is 0 Å². The third-order valence-corrected chi connectivity index (χ3v) is 3.89. The molecule has 1 aromatic rings. The molecule has 1 N–H and O–H groups in total. The summed E-state index contributed by atoms with van der Waals surface area (Å²) in [6, 6.07) is 5.52. The second-order valence-electron chi connectivity index (χ2n) is 6.50. The Morgan fingerprint density at radius 2 is 2.05 bits per heavy atom. The van der Waals surface area contributed by atoms with Gasteiger partial charge in [-0.15, -0.1) is 0 Å². The molecule has 2 amide bonds.